The van der Waals surface area contributed by atoms with Gasteiger partial charge in [-0.2, -0.15) is 0 Å². The van der Waals surface area contributed by atoms with Gasteiger partial charge in [-0.15, -0.1) is 0 Å². The van der Waals surface area contributed by atoms with Crippen molar-refractivity contribution in [3.63, 3.8) is 0 Å². The van der Waals surface area contributed by atoms with E-state index < -0.39 is 0 Å². The average Bonchev–Trinajstić information content (AvgIpc) is 1.97. The Kier molecular flexibility index (Phi) is 2.88. The number of halogens is 2. The molecule has 0 saturated heterocycles. The molecule has 0 aliphatic rings. The minimum Gasteiger partial charge on any atom is -0.504 e. The van der Waals surface area contributed by atoms with Gasteiger partial charge in [-0.1, -0.05) is 44.0 Å². The fourth-order valence-electron chi connectivity index (χ4n) is 1.31. The van der Waals surface area contributed by atoms with Crippen molar-refractivity contribution in [1.29, 1.82) is 0 Å². The number of nitrogens with two attached hydrogens (primary N) is 1. The smallest absolute Gasteiger partial charge is 0.157 e. The second kappa shape index (κ2) is 3.52. The van der Waals surface area contributed by atoms with Crippen LogP contribution in [0.3, 0.4) is 0 Å². The largest absolute Gasteiger partial charge is 0.504 e. The van der Waals surface area contributed by atoms with Crippen molar-refractivity contribution >= 4 is 28.9 Å². The van der Waals surface area contributed by atoms with E-state index in [0.717, 1.165) is 0 Å². The third-order valence-corrected chi connectivity index (χ3v) is 2.64. The fraction of sp³-hybridized carbons (Fsp3) is 0.400. The van der Waals surface area contributed by atoms with Gasteiger partial charge >= 0.3 is 0 Å². The summed E-state index contributed by atoms with van der Waals surface area (Å²) >= 11 is 12.0. The predicted molar refractivity (Wildman–Crippen MR) is 61.2 cm³/mol. The number of nitrogen functional groups attached to an aromatic ring is 1. The highest BCUT2D eigenvalue weighted by Gasteiger charge is 2.24. The molecule has 1 aromatic rings. The van der Waals surface area contributed by atoms with E-state index in [1.807, 2.05) is 20.8 Å². The first-order chi connectivity index (χ1) is 6.25. The van der Waals surface area contributed by atoms with Gasteiger partial charge < -0.3 is 10.8 Å². The minimum atomic E-state index is -0.223. The number of hydrogen-bond donors (Lipinski definition) is 2. The monoisotopic (exact) mass is 233 g/mol. The molecule has 0 amide bonds. The second-order valence-electron chi connectivity index (χ2n) is 4.24. The van der Waals surface area contributed by atoms with Crippen molar-refractivity contribution in [3.8, 4) is 5.75 Å². The Balaban J connectivity index is 3.53. The summed E-state index contributed by atoms with van der Waals surface area (Å²) in [6, 6.07) is 1.52. The van der Waals surface area contributed by atoms with E-state index in [2.05, 4.69) is 0 Å². The standard InChI is InChI=1S/C10H13Cl2NO/c1-10(2,3)7-5(11)4-6(13)9(14)8(7)12/h4,14H,13H2,1-3H3. The number of benzene rings is 1. The van der Waals surface area contributed by atoms with Gasteiger partial charge in [0.1, 0.15) is 0 Å². The number of phenolic OH excluding ortho intramolecular Hbond substituents is 1. The van der Waals surface area contributed by atoms with E-state index in [4.69, 9.17) is 28.9 Å². The summed E-state index contributed by atoms with van der Waals surface area (Å²) in [6.45, 7) is 5.90. The van der Waals surface area contributed by atoms with Gasteiger partial charge in [0, 0.05) is 5.02 Å². The van der Waals surface area contributed by atoms with Crippen molar-refractivity contribution < 1.29 is 5.11 Å². The maximum Gasteiger partial charge on any atom is 0.157 e. The number of hydrogen-bond acceptors (Lipinski definition) is 2. The highest BCUT2D eigenvalue weighted by atomic mass is 35.5. The number of phenols is 1. The third-order valence-electron chi connectivity index (χ3n) is 1.97. The van der Waals surface area contributed by atoms with E-state index in [-0.39, 0.29) is 21.9 Å². The molecule has 0 bridgehead atoms. The molecule has 0 atom stereocenters. The maximum absolute atomic E-state index is 9.56. The Morgan fingerprint density at radius 3 is 2.21 bits per heavy atom. The molecule has 2 nitrogen and oxygen atoms in total. The Morgan fingerprint density at radius 2 is 1.79 bits per heavy atom. The summed E-state index contributed by atoms with van der Waals surface area (Å²) in [5, 5.41) is 10.3. The Labute approximate surface area is 93.6 Å². The molecule has 0 aromatic heterocycles. The van der Waals surface area contributed by atoms with Crippen LogP contribution in [0.5, 0.6) is 5.75 Å². The molecule has 1 rings (SSSR count). The lowest BCUT2D eigenvalue weighted by atomic mass is 9.86. The molecular formula is C10H13Cl2NO. The van der Waals surface area contributed by atoms with Gasteiger partial charge in [-0.3, -0.25) is 0 Å². The van der Waals surface area contributed by atoms with Crippen LogP contribution in [-0.2, 0) is 5.41 Å². The zero-order valence-corrected chi connectivity index (χ0v) is 9.87. The number of anilines is 1. The van der Waals surface area contributed by atoms with Crippen LogP contribution in [0.2, 0.25) is 10.0 Å². The molecule has 3 N–H and O–H groups in total. The van der Waals surface area contributed by atoms with Gasteiger partial charge in [-0.25, -0.2) is 0 Å². The SMILES string of the molecule is CC(C)(C)c1c(Cl)cc(N)c(O)c1Cl. The Hall–Kier alpha value is -0.600. The first-order valence-electron chi connectivity index (χ1n) is 4.22. The average molecular weight is 234 g/mol. The lowest BCUT2D eigenvalue weighted by Crippen LogP contribution is -2.13. The van der Waals surface area contributed by atoms with E-state index in [9.17, 15) is 5.11 Å². The van der Waals surface area contributed by atoms with Crippen LogP contribution < -0.4 is 5.73 Å². The molecule has 0 saturated carbocycles. The molecule has 0 unspecified atom stereocenters. The molecule has 0 aliphatic heterocycles. The molecule has 78 valence electrons. The summed E-state index contributed by atoms with van der Waals surface area (Å²) in [7, 11) is 0. The van der Waals surface area contributed by atoms with E-state index in [1.165, 1.54) is 6.07 Å². The highest BCUT2D eigenvalue weighted by Crippen LogP contribution is 2.43. The predicted octanol–water partition coefficient (Wildman–Crippen LogP) is 3.58. The van der Waals surface area contributed by atoms with Gasteiger partial charge in [0.15, 0.2) is 5.75 Å². The van der Waals surface area contributed by atoms with E-state index in [0.29, 0.717) is 10.6 Å². The van der Waals surface area contributed by atoms with Crippen molar-refractivity contribution in [2.24, 2.45) is 0 Å². The zero-order valence-electron chi connectivity index (χ0n) is 8.36. The molecular weight excluding hydrogens is 221 g/mol. The normalized spacial score (nSPS) is 11.8. The number of rotatable bonds is 0. The molecule has 0 aliphatic carbocycles. The Bertz CT molecular complexity index is 369. The van der Waals surface area contributed by atoms with Crippen LogP contribution in [-0.4, -0.2) is 5.11 Å². The summed E-state index contributed by atoms with van der Waals surface area (Å²) < 4.78 is 0. The lowest BCUT2D eigenvalue weighted by molar-refractivity contribution is 0.474. The molecule has 0 spiro atoms. The van der Waals surface area contributed by atoms with E-state index >= 15 is 0 Å². The summed E-state index contributed by atoms with van der Waals surface area (Å²) in [5.74, 6) is -0.0963. The zero-order chi connectivity index (χ0) is 11.1. The van der Waals surface area contributed by atoms with Gasteiger partial charge in [0.2, 0.25) is 0 Å². The van der Waals surface area contributed by atoms with Crippen LogP contribution >= 0.6 is 23.2 Å². The van der Waals surface area contributed by atoms with Gasteiger partial charge in [-0.05, 0) is 17.0 Å². The summed E-state index contributed by atoms with van der Waals surface area (Å²) in [4.78, 5) is 0. The van der Waals surface area contributed by atoms with Crippen LogP contribution in [0.25, 0.3) is 0 Å². The highest BCUT2D eigenvalue weighted by molar-refractivity contribution is 6.37. The summed E-state index contributed by atoms with van der Waals surface area (Å²) in [5.41, 5.74) is 6.21. The maximum atomic E-state index is 9.56. The van der Waals surface area contributed by atoms with Crippen molar-refractivity contribution in [2.45, 2.75) is 26.2 Å². The lowest BCUT2D eigenvalue weighted by Gasteiger charge is -2.23. The second-order valence-corrected chi connectivity index (χ2v) is 5.02. The fourth-order valence-corrected chi connectivity index (χ4v) is 2.35. The van der Waals surface area contributed by atoms with Crippen LogP contribution in [0.1, 0.15) is 26.3 Å². The molecule has 0 radical (unpaired) electrons. The molecule has 0 heterocycles. The van der Waals surface area contributed by atoms with Crippen LogP contribution in [0.4, 0.5) is 5.69 Å². The molecule has 4 heteroatoms. The van der Waals surface area contributed by atoms with Gasteiger partial charge in [0.25, 0.3) is 0 Å². The first kappa shape index (κ1) is 11.5. The third kappa shape index (κ3) is 1.91. The number of aromatic hydroxyl groups is 1. The van der Waals surface area contributed by atoms with Crippen LogP contribution in [0.15, 0.2) is 6.07 Å². The molecule has 0 fully saturated rings. The topological polar surface area (TPSA) is 46.2 Å². The van der Waals surface area contributed by atoms with Crippen LogP contribution in [0, 0.1) is 0 Å². The first-order valence-corrected chi connectivity index (χ1v) is 4.97. The summed E-state index contributed by atoms with van der Waals surface area (Å²) in [6.07, 6.45) is 0. The minimum absolute atomic E-state index is 0.0963. The molecule has 1 aromatic carbocycles. The van der Waals surface area contributed by atoms with E-state index in [1.54, 1.807) is 0 Å². The quantitative estimate of drug-likeness (QED) is 0.532. The molecule has 14 heavy (non-hydrogen) atoms. The van der Waals surface area contributed by atoms with Gasteiger partial charge in [0.05, 0.1) is 10.7 Å². The van der Waals surface area contributed by atoms with Crippen molar-refractivity contribution in [3.05, 3.63) is 21.7 Å². The Morgan fingerprint density at radius 1 is 1.29 bits per heavy atom. The van der Waals surface area contributed by atoms with Crippen molar-refractivity contribution in [2.75, 3.05) is 5.73 Å². The van der Waals surface area contributed by atoms with Crippen molar-refractivity contribution in [1.82, 2.24) is 0 Å².